The first-order valence-corrected chi connectivity index (χ1v) is 10.5. The maximum Gasteiger partial charge on any atom is 0.290 e. The number of carbonyl (C=O) groups is 2. The van der Waals surface area contributed by atoms with Crippen LogP contribution in [-0.2, 0) is 4.79 Å². The number of aliphatic hydroxyl groups is 1. The molecule has 0 fully saturated rings. The standard InChI is InChI=1S/C23H20Cl2N2O5/c1-26(2)7-8-27-20(12-3-5-16(28)15(25)10-12)19(22(30)23(27)31)21(29)18-11-13-9-14(24)4-6-17(13)32-18/h3-6,9-11,20,28,30H,7-8H2,1-2H3. The zero-order chi connectivity index (χ0) is 23.2. The minimum absolute atomic E-state index is 0.0269. The number of furan rings is 1. The zero-order valence-electron chi connectivity index (χ0n) is 17.3. The summed E-state index contributed by atoms with van der Waals surface area (Å²) in [6, 6.07) is 9.99. The number of Topliss-reactive ketones (excluding diaryl/α,β-unsaturated/α-hetero) is 1. The van der Waals surface area contributed by atoms with Crippen LogP contribution in [0.3, 0.4) is 0 Å². The van der Waals surface area contributed by atoms with Crippen molar-refractivity contribution in [1.82, 2.24) is 9.80 Å². The largest absolute Gasteiger partial charge is 0.506 e. The third-order valence-electron chi connectivity index (χ3n) is 5.33. The molecule has 4 rings (SSSR count). The molecule has 0 saturated carbocycles. The Morgan fingerprint density at radius 2 is 1.88 bits per heavy atom. The number of aromatic hydroxyl groups is 1. The number of amides is 1. The van der Waals surface area contributed by atoms with Crippen LogP contribution in [0.5, 0.6) is 5.75 Å². The molecule has 3 aromatic rings. The average Bonchev–Trinajstić information content (AvgIpc) is 3.27. The predicted molar refractivity (Wildman–Crippen MR) is 121 cm³/mol. The van der Waals surface area contributed by atoms with Gasteiger partial charge in [-0.05, 0) is 56.1 Å². The van der Waals surface area contributed by atoms with Gasteiger partial charge in [0.1, 0.15) is 11.3 Å². The SMILES string of the molecule is CN(C)CCN1C(=O)C(O)=C(C(=O)c2cc3cc(Cl)ccc3o2)C1c1ccc(O)c(Cl)c1. The van der Waals surface area contributed by atoms with Crippen LogP contribution in [0.15, 0.2) is 58.2 Å². The Hall–Kier alpha value is -3.00. The molecule has 1 aromatic heterocycles. The van der Waals surface area contributed by atoms with Crippen LogP contribution >= 0.6 is 23.2 Å². The van der Waals surface area contributed by atoms with Crippen LogP contribution in [0, 0.1) is 0 Å². The summed E-state index contributed by atoms with van der Waals surface area (Å²) in [5.41, 5.74) is 0.822. The summed E-state index contributed by atoms with van der Waals surface area (Å²) in [4.78, 5) is 29.7. The molecular formula is C23H20Cl2N2O5. The van der Waals surface area contributed by atoms with Gasteiger partial charge in [-0.3, -0.25) is 9.59 Å². The molecule has 2 aromatic carbocycles. The summed E-state index contributed by atoms with van der Waals surface area (Å²) >= 11 is 12.1. The minimum atomic E-state index is -0.898. The smallest absolute Gasteiger partial charge is 0.290 e. The fourth-order valence-electron chi connectivity index (χ4n) is 3.72. The number of aliphatic hydroxyl groups excluding tert-OH is 1. The highest BCUT2D eigenvalue weighted by Crippen LogP contribution is 2.41. The Balaban J connectivity index is 1.81. The molecule has 0 spiro atoms. The summed E-state index contributed by atoms with van der Waals surface area (Å²) in [6.07, 6.45) is 0. The van der Waals surface area contributed by atoms with Gasteiger partial charge in [0.25, 0.3) is 5.91 Å². The highest BCUT2D eigenvalue weighted by molar-refractivity contribution is 6.32. The molecule has 2 N–H and O–H groups in total. The molecule has 32 heavy (non-hydrogen) atoms. The second kappa shape index (κ2) is 8.50. The number of hydrogen-bond acceptors (Lipinski definition) is 6. The van der Waals surface area contributed by atoms with E-state index < -0.39 is 23.5 Å². The van der Waals surface area contributed by atoms with Gasteiger partial charge in [0, 0.05) is 23.5 Å². The fraction of sp³-hybridized carbons (Fsp3) is 0.217. The van der Waals surface area contributed by atoms with Crippen molar-refractivity contribution >= 4 is 45.9 Å². The topological polar surface area (TPSA) is 94.2 Å². The Morgan fingerprint density at radius 1 is 1.12 bits per heavy atom. The van der Waals surface area contributed by atoms with E-state index in [1.807, 2.05) is 19.0 Å². The number of nitrogens with zero attached hydrogens (tertiary/aromatic N) is 2. The third kappa shape index (κ3) is 3.95. The van der Waals surface area contributed by atoms with Gasteiger partial charge >= 0.3 is 0 Å². The van der Waals surface area contributed by atoms with Gasteiger partial charge < -0.3 is 24.4 Å². The van der Waals surface area contributed by atoms with Crippen LogP contribution in [0.1, 0.15) is 22.2 Å². The minimum Gasteiger partial charge on any atom is -0.506 e. The summed E-state index contributed by atoms with van der Waals surface area (Å²) < 4.78 is 5.68. The van der Waals surface area contributed by atoms with Crippen molar-refractivity contribution in [1.29, 1.82) is 0 Å². The average molecular weight is 475 g/mol. The lowest BCUT2D eigenvalue weighted by molar-refractivity contribution is -0.129. The lowest BCUT2D eigenvalue weighted by Gasteiger charge is -2.28. The van der Waals surface area contributed by atoms with Gasteiger partial charge in [-0.1, -0.05) is 29.3 Å². The normalized spacial score (nSPS) is 16.6. The molecule has 9 heteroatoms. The van der Waals surface area contributed by atoms with E-state index in [0.717, 1.165) is 0 Å². The van der Waals surface area contributed by atoms with Gasteiger partial charge in [-0.25, -0.2) is 0 Å². The van der Waals surface area contributed by atoms with Crippen molar-refractivity contribution in [2.75, 3.05) is 27.2 Å². The maximum atomic E-state index is 13.5. The number of carbonyl (C=O) groups excluding carboxylic acids is 2. The Morgan fingerprint density at radius 3 is 2.56 bits per heavy atom. The van der Waals surface area contributed by atoms with Crippen LogP contribution in [0.25, 0.3) is 11.0 Å². The highest BCUT2D eigenvalue weighted by atomic mass is 35.5. The van der Waals surface area contributed by atoms with Crippen LogP contribution in [0.2, 0.25) is 10.0 Å². The first kappa shape index (κ1) is 22.2. The number of likely N-dealkylation sites (N-methyl/N-ethyl adjacent to an activating group) is 1. The molecule has 0 aliphatic carbocycles. The maximum absolute atomic E-state index is 13.5. The molecule has 0 radical (unpaired) electrons. The van der Waals surface area contributed by atoms with E-state index in [1.54, 1.807) is 24.3 Å². The number of phenols is 1. The molecule has 1 aliphatic rings. The second-order valence-electron chi connectivity index (χ2n) is 7.80. The third-order valence-corrected chi connectivity index (χ3v) is 5.86. The van der Waals surface area contributed by atoms with E-state index in [-0.39, 0.29) is 28.7 Å². The van der Waals surface area contributed by atoms with Crippen molar-refractivity contribution in [3.8, 4) is 5.75 Å². The Labute approximate surface area is 194 Å². The molecule has 7 nitrogen and oxygen atoms in total. The summed E-state index contributed by atoms with van der Waals surface area (Å²) in [5.74, 6) is -2.08. The van der Waals surface area contributed by atoms with Crippen molar-refractivity contribution < 1.29 is 24.2 Å². The van der Waals surface area contributed by atoms with Crippen molar-refractivity contribution in [2.24, 2.45) is 0 Å². The first-order valence-electron chi connectivity index (χ1n) is 9.78. The molecule has 166 valence electrons. The molecule has 0 bridgehead atoms. The number of ketones is 1. The number of hydrogen-bond donors (Lipinski definition) is 2. The van der Waals surface area contributed by atoms with E-state index >= 15 is 0 Å². The Bertz CT molecular complexity index is 1260. The first-order chi connectivity index (χ1) is 15.2. The molecule has 0 saturated heterocycles. The van der Waals surface area contributed by atoms with Gasteiger partial charge in [-0.15, -0.1) is 0 Å². The predicted octanol–water partition coefficient (Wildman–Crippen LogP) is 4.59. The second-order valence-corrected chi connectivity index (χ2v) is 8.64. The lowest BCUT2D eigenvalue weighted by Crippen LogP contribution is -2.36. The van der Waals surface area contributed by atoms with Crippen LogP contribution < -0.4 is 0 Å². The molecular weight excluding hydrogens is 455 g/mol. The fourth-order valence-corrected chi connectivity index (χ4v) is 4.09. The molecule has 2 heterocycles. The van der Waals surface area contributed by atoms with Crippen LogP contribution in [-0.4, -0.2) is 58.9 Å². The molecule has 1 amide bonds. The van der Waals surface area contributed by atoms with E-state index in [0.29, 0.717) is 28.1 Å². The summed E-state index contributed by atoms with van der Waals surface area (Å²) in [6.45, 7) is 0.761. The van der Waals surface area contributed by atoms with E-state index in [4.69, 9.17) is 27.6 Å². The van der Waals surface area contributed by atoms with Crippen LogP contribution in [0.4, 0.5) is 0 Å². The highest BCUT2D eigenvalue weighted by Gasteiger charge is 2.44. The molecule has 1 aliphatic heterocycles. The monoisotopic (exact) mass is 474 g/mol. The van der Waals surface area contributed by atoms with E-state index in [2.05, 4.69) is 0 Å². The number of halogens is 2. The van der Waals surface area contributed by atoms with Crippen molar-refractivity contribution in [3.63, 3.8) is 0 Å². The number of benzene rings is 2. The number of rotatable bonds is 6. The molecule has 1 unspecified atom stereocenters. The van der Waals surface area contributed by atoms with Crippen molar-refractivity contribution in [2.45, 2.75) is 6.04 Å². The van der Waals surface area contributed by atoms with Gasteiger partial charge in [0.15, 0.2) is 11.5 Å². The summed E-state index contributed by atoms with van der Waals surface area (Å²) in [5, 5.41) is 21.7. The van der Waals surface area contributed by atoms with E-state index in [9.17, 15) is 19.8 Å². The Kier molecular flexibility index (Phi) is 5.90. The van der Waals surface area contributed by atoms with Gasteiger partial charge in [-0.2, -0.15) is 0 Å². The van der Waals surface area contributed by atoms with E-state index in [1.165, 1.54) is 23.1 Å². The quantitative estimate of drug-likeness (QED) is 0.507. The summed E-state index contributed by atoms with van der Waals surface area (Å²) in [7, 11) is 3.71. The van der Waals surface area contributed by atoms with Crippen molar-refractivity contribution in [3.05, 3.63) is 75.2 Å². The number of fused-ring (bicyclic) bond motifs is 1. The van der Waals surface area contributed by atoms with Gasteiger partial charge in [0.05, 0.1) is 16.6 Å². The number of phenolic OH excluding ortho intramolecular Hbond substituents is 1. The zero-order valence-corrected chi connectivity index (χ0v) is 18.8. The van der Waals surface area contributed by atoms with Gasteiger partial charge in [0.2, 0.25) is 5.78 Å². The lowest BCUT2D eigenvalue weighted by atomic mass is 9.95. The molecule has 1 atom stereocenters.